The first-order chi connectivity index (χ1) is 15.7. The fourth-order valence-electron chi connectivity index (χ4n) is 4.16. The molecule has 0 spiro atoms. The van der Waals surface area contributed by atoms with Crippen molar-refractivity contribution in [3.63, 3.8) is 0 Å². The molecule has 0 aliphatic heterocycles. The highest BCUT2D eigenvalue weighted by Gasteiger charge is 2.28. The maximum absolute atomic E-state index is 13.6. The summed E-state index contributed by atoms with van der Waals surface area (Å²) in [7, 11) is 0. The third-order valence-corrected chi connectivity index (χ3v) is 5.83. The number of carbonyl (C=O) groups is 1. The molecule has 0 N–H and O–H groups in total. The van der Waals surface area contributed by atoms with Crippen LogP contribution in [0.25, 0.3) is 0 Å². The lowest BCUT2D eigenvalue weighted by Gasteiger charge is -2.25. The summed E-state index contributed by atoms with van der Waals surface area (Å²) in [6.45, 7) is 10.7. The van der Waals surface area contributed by atoms with E-state index < -0.39 is 0 Å². The van der Waals surface area contributed by atoms with Gasteiger partial charge in [0.25, 0.3) is 5.91 Å². The summed E-state index contributed by atoms with van der Waals surface area (Å²) in [6.07, 6.45) is 6.00. The molecule has 35 heavy (non-hydrogen) atoms. The molecule has 0 unspecified atom stereocenters. The SMILES string of the molecule is CCN(c1ccc(CN(C(=O)c2cn(CC(C)(C)C)cn2)c2ccc(F)cc2)cc1)C1CC1.Cl.Cl. The van der Waals surface area contributed by atoms with Crippen molar-refractivity contribution < 1.29 is 9.18 Å². The molecule has 1 heterocycles. The van der Waals surface area contributed by atoms with Crippen LogP contribution in [-0.2, 0) is 13.1 Å². The Labute approximate surface area is 220 Å². The van der Waals surface area contributed by atoms with E-state index in [-0.39, 0.29) is 42.0 Å². The van der Waals surface area contributed by atoms with E-state index in [1.54, 1.807) is 29.6 Å². The molecule has 2 aromatic carbocycles. The number of aromatic nitrogens is 2. The van der Waals surface area contributed by atoms with Gasteiger partial charge in [0.2, 0.25) is 0 Å². The third-order valence-electron chi connectivity index (χ3n) is 5.83. The van der Waals surface area contributed by atoms with E-state index in [0.717, 1.165) is 18.7 Å². The van der Waals surface area contributed by atoms with Crippen molar-refractivity contribution in [1.29, 1.82) is 0 Å². The number of anilines is 2. The Hall–Kier alpha value is -2.57. The minimum absolute atomic E-state index is 0. The molecule has 190 valence electrons. The average Bonchev–Trinajstić information content (AvgIpc) is 3.51. The number of hydrogen-bond acceptors (Lipinski definition) is 3. The van der Waals surface area contributed by atoms with Crippen molar-refractivity contribution in [3.05, 3.63) is 78.1 Å². The minimum atomic E-state index is -0.329. The number of hydrogen-bond donors (Lipinski definition) is 0. The average molecular weight is 522 g/mol. The molecule has 1 aromatic heterocycles. The molecular weight excluding hydrogens is 486 g/mol. The van der Waals surface area contributed by atoms with E-state index >= 15 is 0 Å². The van der Waals surface area contributed by atoms with Crippen molar-refractivity contribution >= 4 is 42.1 Å². The largest absolute Gasteiger partial charge is 0.369 e. The molecule has 0 saturated heterocycles. The van der Waals surface area contributed by atoms with E-state index in [1.165, 1.54) is 30.7 Å². The Morgan fingerprint density at radius 1 is 1.03 bits per heavy atom. The van der Waals surface area contributed by atoms with Crippen LogP contribution in [0.2, 0.25) is 0 Å². The number of halogens is 3. The Morgan fingerprint density at radius 2 is 1.63 bits per heavy atom. The Bertz CT molecular complexity index is 1090. The van der Waals surface area contributed by atoms with Crippen LogP contribution >= 0.6 is 24.8 Å². The second kappa shape index (κ2) is 11.9. The van der Waals surface area contributed by atoms with E-state index in [9.17, 15) is 9.18 Å². The van der Waals surface area contributed by atoms with E-state index in [1.807, 2.05) is 4.57 Å². The Balaban J connectivity index is 0.00000216. The maximum atomic E-state index is 13.6. The third kappa shape index (κ3) is 7.45. The van der Waals surface area contributed by atoms with E-state index in [4.69, 9.17) is 0 Å². The molecular formula is C27H35Cl2FN4O. The number of imidazole rings is 1. The molecule has 1 aliphatic rings. The molecule has 1 amide bonds. The predicted molar refractivity (Wildman–Crippen MR) is 146 cm³/mol. The van der Waals surface area contributed by atoms with Gasteiger partial charge < -0.3 is 14.4 Å². The van der Waals surface area contributed by atoms with Gasteiger partial charge in [-0.2, -0.15) is 0 Å². The van der Waals surface area contributed by atoms with Crippen LogP contribution < -0.4 is 9.80 Å². The highest BCUT2D eigenvalue weighted by Crippen LogP contribution is 2.31. The second-order valence-electron chi connectivity index (χ2n) is 10.0. The topological polar surface area (TPSA) is 41.4 Å². The summed E-state index contributed by atoms with van der Waals surface area (Å²) in [5.74, 6) is -0.531. The molecule has 0 atom stereocenters. The van der Waals surface area contributed by atoms with Crippen LogP contribution in [0, 0.1) is 11.2 Å². The van der Waals surface area contributed by atoms with Crippen LogP contribution in [0.5, 0.6) is 0 Å². The molecule has 3 aromatic rings. The predicted octanol–water partition coefficient (Wildman–Crippen LogP) is 6.75. The van der Waals surface area contributed by atoms with Crippen molar-refractivity contribution in [2.45, 2.75) is 59.7 Å². The fraction of sp³-hybridized carbons (Fsp3) is 0.407. The molecule has 0 radical (unpaired) electrons. The van der Waals surface area contributed by atoms with Gasteiger partial charge in [-0.05, 0) is 67.1 Å². The van der Waals surface area contributed by atoms with Crippen LogP contribution in [0.3, 0.4) is 0 Å². The first kappa shape index (κ1) is 28.7. The molecule has 1 saturated carbocycles. The van der Waals surface area contributed by atoms with Gasteiger partial charge in [-0.15, -0.1) is 24.8 Å². The van der Waals surface area contributed by atoms with E-state index in [0.29, 0.717) is 24.0 Å². The summed E-state index contributed by atoms with van der Waals surface area (Å²) < 4.78 is 15.5. The van der Waals surface area contributed by atoms with Crippen molar-refractivity contribution in [3.8, 4) is 0 Å². The van der Waals surface area contributed by atoms with Crippen LogP contribution in [0.15, 0.2) is 61.1 Å². The molecule has 4 rings (SSSR count). The van der Waals surface area contributed by atoms with Gasteiger partial charge in [0, 0.05) is 36.7 Å². The Kier molecular flexibility index (Phi) is 9.76. The van der Waals surface area contributed by atoms with Gasteiger partial charge >= 0.3 is 0 Å². The van der Waals surface area contributed by atoms with Crippen molar-refractivity contribution in [2.24, 2.45) is 5.41 Å². The normalized spacial score (nSPS) is 12.9. The second-order valence-corrected chi connectivity index (χ2v) is 10.0. The van der Waals surface area contributed by atoms with Gasteiger partial charge in [-0.1, -0.05) is 32.9 Å². The van der Waals surface area contributed by atoms with Gasteiger partial charge in [-0.25, -0.2) is 9.37 Å². The first-order valence-electron chi connectivity index (χ1n) is 11.7. The zero-order valence-electron chi connectivity index (χ0n) is 20.8. The lowest BCUT2D eigenvalue weighted by atomic mass is 9.97. The summed E-state index contributed by atoms with van der Waals surface area (Å²) in [6, 6.07) is 15.1. The maximum Gasteiger partial charge on any atom is 0.278 e. The number of rotatable bonds is 8. The van der Waals surface area contributed by atoms with E-state index in [2.05, 4.69) is 61.8 Å². The minimum Gasteiger partial charge on any atom is -0.369 e. The van der Waals surface area contributed by atoms with Crippen LogP contribution in [0.1, 0.15) is 56.6 Å². The van der Waals surface area contributed by atoms with Gasteiger partial charge in [0.1, 0.15) is 11.5 Å². The lowest BCUT2D eigenvalue weighted by molar-refractivity contribution is 0.0980. The number of nitrogens with zero attached hydrogens (tertiary/aromatic N) is 4. The summed E-state index contributed by atoms with van der Waals surface area (Å²) in [4.78, 5) is 21.9. The summed E-state index contributed by atoms with van der Waals surface area (Å²) in [5, 5.41) is 0. The van der Waals surface area contributed by atoms with Gasteiger partial charge in [0.15, 0.2) is 0 Å². The number of benzene rings is 2. The zero-order valence-corrected chi connectivity index (χ0v) is 22.4. The summed E-state index contributed by atoms with van der Waals surface area (Å²) >= 11 is 0. The molecule has 0 bridgehead atoms. The fourth-order valence-corrected chi connectivity index (χ4v) is 4.16. The van der Waals surface area contributed by atoms with Crippen LogP contribution in [0.4, 0.5) is 15.8 Å². The van der Waals surface area contributed by atoms with Crippen molar-refractivity contribution in [2.75, 3.05) is 16.3 Å². The molecule has 8 heteroatoms. The summed E-state index contributed by atoms with van der Waals surface area (Å²) in [5.41, 5.74) is 3.32. The molecule has 1 fully saturated rings. The van der Waals surface area contributed by atoms with Crippen LogP contribution in [-0.4, -0.2) is 28.0 Å². The number of carbonyl (C=O) groups excluding carboxylic acids is 1. The van der Waals surface area contributed by atoms with Gasteiger partial charge in [-0.3, -0.25) is 4.79 Å². The van der Waals surface area contributed by atoms with Crippen molar-refractivity contribution in [1.82, 2.24) is 9.55 Å². The monoisotopic (exact) mass is 520 g/mol. The highest BCUT2D eigenvalue weighted by molar-refractivity contribution is 6.04. The lowest BCUT2D eigenvalue weighted by Crippen LogP contribution is -2.31. The molecule has 5 nitrogen and oxygen atoms in total. The standard InChI is InChI=1S/C27H33FN4O.2ClH/c1-5-31(23-14-15-23)22-10-6-20(7-11-22)16-32(24-12-8-21(28)9-13-24)26(33)25-17-30(19-29-25)18-27(2,3)4;;/h6-13,17,19,23H,5,14-16,18H2,1-4H3;2*1H. The quantitative estimate of drug-likeness (QED) is 0.329. The Morgan fingerprint density at radius 3 is 2.17 bits per heavy atom. The first-order valence-corrected chi connectivity index (χ1v) is 11.7. The number of amides is 1. The van der Waals surface area contributed by atoms with Gasteiger partial charge in [0.05, 0.1) is 12.9 Å². The highest BCUT2D eigenvalue weighted by atomic mass is 35.5. The smallest absolute Gasteiger partial charge is 0.278 e. The zero-order chi connectivity index (χ0) is 23.6. The molecule has 1 aliphatic carbocycles.